The van der Waals surface area contributed by atoms with Crippen molar-refractivity contribution in [3.63, 3.8) is 0 Å². The molecule has 0 aromatic rings. The third-order valence-corrected chi connectivity index (χ3v) is 20.7. The Morgan fingerprint density at radius 2 is 0.420 bits per heavy atom. The van der Waals surface area contributed by atoms with E-state index in [0.717, 1.165) is 114 Å². The number of aliphatic hydroxyl groups excluding tert-OH is 1. The minimum absolute atomic E-state index is 0.106. The Hall–Kier alpha value is -1.94. The van der Waals surface area contributed by atoms with Crippen LogP contribution in [0.1, 0.15) is 415 Å². The Bertz CT molecular complexity index is 1950. The second-order valence-corrected chi connectivity index (χ2v) is 34.0. The maximum Gasteiger partial charge on any atom is 0.472 e. The number of phosphoric acid groups is 2. The van der Waals surface area contributed by atoms with E-state index in [-0.39, 0.29) is 25.7 Å². The van der Waals surface area contributed by atoms with Gasteiger partial charge in [0.05, 0.1) is 26.4 Å². The minimum atomic E-state index is -4.96. The van der Waals surface area contributed by atoms with Crippen LogP contribution in [0.15, 0.2) is 0 Å². The monoisotopic (exact) mass is 1470 g/mol. The summed E-state index contributed by atoms with van der Waals surface area (Å²) in [6, 6.07) is 0. The number of hydrogen-bond donors (Lipinski definition) is 3. The molecule has 17 nitrogen and oxygen atoms in total. The first-order valence-corrected chi connectivity index (χ1v) is 44.7. The topological polar surface area (TPSA) is 237 Å². The standard InChI is InChI=1S/C81H158O17P2/c1-71(2)57-49-41-33-25-17-13-11-9-10-12-14-20-31-39-47-55-63-80(85)97-76(67-91-78(83)61-53-45-37-29-21-15-18-26-34-42-50-58-72(3)4)69-95-99(87,88)93-65-75(82)66-94-100(89,90)96-70-77(68-92-79(84)62-54-46-38-30-24-23-28-36-44-52-60-74(7)8)98-81(86)64-56-48-40-32-22-16-19-27-35-43-51-59-73(5)6/h71-77,82H,9-70H2,1-8H3,(H,87,88)(H,89,90)/t75-,76-,77-/m1/s1. The summed E-state index contributed by atoms with van der Waals surface area (Å²) in [4.78, 5) is 73.1. The highest BCUT2D eigenvalue weighted by molar-refractivity contribution is 7.47. The van der Waals surface area contributed by atoms with Crippen molar-refractivity contribution in [1.29, 1.82) is 0 Å². The van der Waals surface area contributed by atoms with E-state index in [0.29, 0.717) is 25.7 Å². The Labute approximate surface area is 613 Å². The van der Waals surface area contributed by atoms with Crippen LogP contribution < -0.4 is 0 Å². The molecule has 0 aromatic carbocycles. The van der Waals surface area contributed by atoms with Gasteiger partial charge >= 0.3 is 39.5 Å². The van der Waals surface area contributed by atoms with Gasteiger partial charge in [-0.05, 0) is 49.4 Å². The largest absolute Gasteiger partial charge is 0.472 e. The maximum absolute atomic E-state index is 13.1. The fraction of sp³-hybridized carbons (Fsp3) is 0.951. The predicted octanol–water partition coefficient (Wildman–Crippen LogP) is 24.0. The summed E-state index contributed by atoms with van der Waals surface area (Å²) in [6.45, 7) is 14.3. The number of unbranched alkanes of at least 4 members (excludes halogenated alkanes) is 44. The van der Waals surface area contributed by atoms with Crippen LogP contribution >= 0.6 is 15.6 Å². The molecule has 0 fully saturated rings. The molecule has 0 heterocycles. The minimum Gasteiger partial charge on any atom is -0.462 e. The number of carbonyl (C=O) groups is 4. The molecule has 0 spiro atoms. The van der Waals surface area contributed by atoms with Gasteiger partial charge in [0.15, 0.2) is 12.2 Å². The summed E-state index contributed by atoms with van der Waals surface area (Å²) < 4.78 is 68.8. The summed E-state index contributed by atoms with van der Waals surface area (Å²) in [6.07, 6.45) is 56.8. The maximum atomic E-state index is 13.1. The van der Waals surface area contributed by atoms with E-state index in [2.05, 4.69) is 55.4 Å². The summed E-state index contributed by atoms with van der Waals surface area (Å²) in [5.41, 5.74) is 0. The molecule has 0 aliphatic rings. The number of hydrogen-bond acceptors (Lipinski definition) is 15. The smallest absolute Gasteiger partial charge is 0.462 e. The van der Waals surface area contributed by atoms with Gasteiger partial charge in [-0.1, -0.05) is 364 Å². The van der Waals surface area contributed by atoms with Gasteiger partial charge in [0.2, 0.25) is 0 Å². The zero-order valence-corrected chi connectivity index (χ0v) is 67.6. The third-order valence-electron chi connectivity index (χ3n) is 18.8. The molecule has 100 heavy (non-hydrogen) atoms. The molecule has 0 rings (SSSR count). The first kappa shape index (κ1) is 98.1. The zero-order valence-electron chi connectivity index (χ0n) is 65.8. The lowest BCUT2D eigenvalue weighted by atomic mass is 10.0. The van der Waals surface area contributed by atoms with Gasteiger partial charge < -0.3 is 33.8 Å². The van der Waals surface area contributed by atoms with E-state index in [4.69, 9.17) is 37.0 Å². The van der Waals surface area contributed by atoms with Gasteiger partial charge in [-0.3, -0.25) is 37.3 Å². The van der Waals surface area contributed by atoms with E-state index in [9.17, 15) is 43.2 Å². The lowest BCUT2D eigenvalue weighted by Gasteiger charge is -2.21. The summed E-state index contributed by atoms with van der Waals surface area (Å²) in [7, 11) is -9.92. The molecule has 2 unspecified atom stereocenters. The number of esters is 4. The summed E-state index contributed by atoms with van der Waals surface area (Å²) >= 11 is 0. The highest BCUT2D eigenvalue weighted by Gasteiger charge is 2.30. The first-order chi connectivity index (χ1) is 48.1. The van der Waals surface area contributed by atoms with Crippen molar-refractivity contribution in [3.05, 3.63) is 0 Å². The van der Waals surface area contributed by atoms with E-state index in [1.54, 1.807) is 0 Å². The molecule has 3 N–H and O–H groups in total. The molecule has 0 aliphatic heterocycles. The Balaban J connectivity index is 5.26. The molecule has 0 aliphatic carbocycles. The van der Waals surface area contributed by atoms with Gasteiger partial charge in [0, 0.05) is 25.7 Å². The number of rotatable bonds is 78. The van der Waals surface area contributed by atoms with Crippen LogP contribution in [0, 0.1) is 23.7 Å². The van der Waals surface area contributed by atoms with Crippen LogP contribution in [0.5, 0.6) is 0 Å². The molecule has 0 bridgehead atoms. The SMILES string of the molecule is CC(C)CCCCCCCCCCCCCCCCCCC(=O)O[C@H](COC(=O)CCCCCCCCCCCCCC(C)C)COP(=O)(O)OC[C@@H](O)COP(=O)(O)OC[C@@H](COC(=O)CCCCCCCCCCCCC(C)C)OC(=O)CCCCCCCCCCCCCC(C)C. The fourth-order valence-corrected chi connectivity index (χ4v) is 14.0. The van der Waals surface area contributed by atoms with Crippen LogP contribution in [-0.4, -0.2) is 96.7 Å². The summed E-state index contributed by atoms with van der Waals surface area (Å²) in [5.74, 6) is 0.991. The highest BCUT2D eigenvalue weighted by atomic mass is 31.2. The molecule has 0 saturated heterocycles. The van der Waals surface area contributed by atoms with Crippen LogP contribution in [0.3, 0.4) is 0 Å². The first-order valence-electron chi connectivity index (χ1n) is 41.7. The fourth-order valence-electron chi connectivity index (χ4n) is 12.4. The second-order valence-electron chi connectivity index (χ2n) is 31.1. The number of carbonyl (C=O) groups excluding carboxylic acids is 4. The molecule has 594 valence electrons. The predicted molar refractivity (Wildman–Crippen MR) is 409 cm³/mol. The highest BCUT2D eigenvalue weighted by Crippen LogP contribution is 2.45. The number of ether oxygens (including phenoxy) is 4. The van der Waals surface area contributed by atoms with Gasteiger partial charge in [0.1, 0.15) is 19.3 Å². The van der Waals surface area contributed by atoms with Crippen LogP contribution in [0.2, 0.25) is 0 Å². The van der Waals surface area contributed by atoms with Gasteiger partial charge in [0.25, 0.3) is 0 Å². The summed E-state index contributed by atoms with van der Waals surface area (Å²) in [5, 5.41) is 10.6. The zero-order chi connectivity index (χ0) is 73.8. The molecule has 0 amide bonds. The van der Waals surface area contributed by atoms with Gasteiger partial charge in [-0.15, -0.1) is 0 Å². The molecule has 19 heteroatoms. The van der Waals surface area contributed by atoms with Crippen molar-refractivity contribution in [1.82, 2.24) is 0 Å². The number of aliphatic hydroxyl groups is 1. The number of phosphoric ester groups is 2. The lowest BCUT2D eigenvalue weighted by molar-refractivity contribution is -0.161. The van der Waals surface area contributed by atoms with Gasteiger partial charge in [-0.2, -0.15) is 0 Å². The van der Waals surface area contributed by atoms with E-state index in [1.165, 1.54) is 218 Å². The van der Waals surface area contributed by atoms with E-state index in [1.807, 2.05) is 0 Å². The van der Waals surface area contributed by atoms with Crippen LogP contribution in [-0.2, 0) is 65.4 Å². The lowest BCUT2D eigenvalue weighted by Crippen LogP contribution is -2.30. The van der Waals surface area contributed by atoms with E-state index >= 15 is 0 Å². The quantitative estimate of drug-likeness (QED) is 0.0222. The Morgan fingerprint density at radius 1 is 0.250 bits per heavy atom. The van der Waals surface area contributed by atoms with Crippen molar-refractivity contribution in [2.45, 2.75) is 433 Å². The second kappa shape index (κ2) is 70.1. The normalized spacial score (nSPS) is 14.0. The average molecular weight is 1470 g/mol. The molecule has 0 radical (unpaired) electrons. The van der Waals surface area contributed by atoms with Crippen molar-refractivity contribution in [3.8, 4) is 0 Å². The molecule has 0 aromatic heterocycles. The van der Waals surface area contributed by atoms with Gasteiger partial charge in [-0.25, -0.2) is 9.13 Å². The van der Waals surface area contributed by atoms with E-state index < -0.39 is 97.5 Å². The average Bonchev–Trinajstić information content (AvgIpc) is 0.912. The molecular weight excluding hydrogens is 1310 g/mol. The van der Waals surface area contributed by atoms with Crippen molar-refractivity contribution in [2.75, 3.05) is 39.6 Å². The van der Waals surface area contributed by atoms with Crippen molar-refractivity contribution < 1.29 is 80.2 Å². The van der Waals surface area contributed by atoms with Crippen molar-refractivity contribution >= 4 is 39.5 Å². The Morgan fingerprint density at radius 3 is 0.620 bits per heavy atom. The third kappa shape index (κ3) is 74.3. The molecule has 0 saturated carbocycles. The molecule has 5 atom stereocenters. The Kier molecular flexibility index (Phi) is 68.7. The molecular formula is C81H158O17P2. The van der Waals surface area contributed by atoms with Crippen LogP contribution in [0.25, 0.3) is 0 Å². The van der Waals surface area contributed by atoms with Crippen LogP contribution in [0.4, 0.5) is 0 Å². The van der Waals surface area contributed by atoms with Crippen molar-refractivity contribution in [2.24, 2.45) is 23.7 Å².